The standard InChI is InChI=1S/C57H64F6N10O6/c1-28(2)49(68-56(76)79-6)54(74)71-17-7-9-47(71)52-64-41-24-33(36(59)26-43(41)66-52)45-13-14-46(73(45)32-22-39(62)51(40(63)23-32)70-19-15-30(16-20-70)31-11-12-35(58)38(61)21-31)34-25-42-44(27-37(34)60)67-53(65-42)48-10-8-18-72(48)55(75)50(29(3)4)69(5)57(77)78/h11-12,21-30,45-50H,7-10,13-20H2,1-6H3,(H,64,66)(H,65,67)(H,68,76)(H,77,78)/t45-,46-,47+,48+,49+,50+/m1/s1. The number of likely N-dealkylation sites (N-methyl/N-ethyl adjacent to an activating group) is 1. The van der Waals surface area contributed by atoms with Gasteiger partial charge >= 0.3 is 12.2 Å². The van der Waals surface area contributed by atoms with Crippen LogP contribution in [0, 0.1) is 46.7 Å². The van der Waals surface area contributed by atoms with Crippen molar-refractivity contribution in [2.24, 2.45) is 11.8 Å². The summed E-state index contributed by atoms with van der Waals surface area (Å²) in [5, 5.41) is 12.4. The molecule has 4 N–H and O–H groups in total. The Bertz CT molecular complexity index is 3300. The highest BCUT2D eigenvalue weighted by molar-refractivity contribution is 5.87. The molecule has 0 saturated carbocycles. The molecule has 0 radical (unpaired) electrons. The number of nitrogens with one attached hydrogen (secondary N) is 3. The molecule has 0 bridgehead atoms. The van der Waals surface area contributed by atoms with Crippen molar-refractivity contribution in [3.05, 3.63) is 118 Å². The van der Waals surface area contributed by atoms with E-state index < -0.39 is 83.3 Å². The van der Waals surface area contributed by atoms with Crippen molar-refractivity contribution in [1.82, 2.24) is 40.0 Å². The monoisotopic (exact) mass is 1100 g/mol. The highest BCUT2D eigenvalue weighted by Gasteiger charge is 2.43. The number of piperidine rings is 1. The van der Waals surface area contributed by atoms with Gasteiger partial charge in [-0.25, -0.2) is 45.9 Å². The smallest absolute Gasteiger partial charge is 0.407 e. The van der Waals surface area contributed by atoms with E-state index in [1.54, 1.807) is 59.4 Å². The highest BCUT2D eigenvalue weighted by atomic mass is 19.2. The third kappa shape index (κ3) is 10.4. The molecule has 16 nitrogen and oxygen atoms in total. The molecule has 0 spiro atoms. The molecule has 6 aromatic rings. The van der Waals surface area contributed by atoms with E-state index in [4.69, 9.17) is 14.7 Å². The number of carbonyl (C=O) groups is 4. The summed E-state index contributed by atoms with van der Waals surface area (Å²) in [5.41, 5.74) is 1.95. The van der Waals surface area contributed by atoms with Crippen LogP contribution in [0.1, 0.15) is 137 Å². The number of H-pyrrole nitrogens is 2. The van der Waals surface area contributed by atoms with E-state index in [2.05, 4.69) is 15.3 Å². The number of likely N-dealkylation sites (tertiary alicyclic amines) is 2. The number of rotatable bonds is 13. The van der Waals surface area contributed by atoms with Gasteiger partial charge in [-0.15, -0.1) is 0 Å². The first-order valence-corrected chi connectivity index (χ1v) is 27.0. The largest absolute Gasteiger partial charge is 0.465 e. The topological polar surface area (TPSA) is 183 Å². The molecular formula is C57H64F6N10O6. The number of carbonyl (C=O) groups excluding carboxylic acids is 3. The van der Waals surface area contributed by atoms with Crippen LogP contribution in [0.5, 0.6) is 0 Å². The predicted molar refractivity (Wildman–Crippen MR) is 282 cm³/mol. The Morgan fingerprint density at radius 3 is 1.66 bits per heavy atom. The molecular weight excluding hydrogens is 1030 g/mol. The number of amides is 4. The molecule has 4 amide bonds. The van der Waals surface area contributed by atoms with Gasteiger partial charge < -0.3 is 44.7 Å². The van der Waals surface area contributed by atoms with Gasteiger partial charge in [0.15, 0.2) is 23.3 Å². The third-order valence-corrected chi connectivity index (χ3v) is 16.6. The molecule has 10 rings (SSSR count). The number of hydrogen-bond acceptors (Lipinski definition) is 9. The fourth-order valence-corrected chi connectivity index (χ4v) is 12.6. The highest BCUT2D eigenvalue weighted by Crippen LogP contribution is 2.50. The van der Waals surface area contributed by atoms with Crippen molar-refractivity contribution in [2.45, 2.75) is 121 Å². The van der Waals surface area contributed by atoms with E-state index in [0.717, 1.165) is 17.0 Å². The summed E-state index contributed by atoms with van der Waals surface area (Å²) in [4.78, 5) is 75.8. The minimum Gasteiger partial charge on any atom is -0.465 e. The summed E-state index contributed by atoms with van der Waals surface area (Å²) in [7, 11) is 2.57. The molecule has 0 unspecified atom stereocenters. The van der Waals surface area contributed by atoms with Crippen LogP contribution in [0.4, 0.5) is 47.3 Å². The first kappa shape index (κ1) is 54.8. The zero-order chi connectivity index (χ0) is 56.3. The van der Waals surface area contributed by atoms with Crippen molar-refractivity contribution in [3.8, 4) is 0 Å². The molecule has 4 aliphatic rings. The number of alkyl carbamates (subject to hydrolysis) is 1. The summed E-state index contributed by atoms with van der Waals surface area (Å²) in [6, 6.07) is 6.97. The Kier molecular flexibility index (Phi) is 15.2. The van der Waals surface area contributed by atoms with Gasteiger partial charge in [0, 0.05) is 62.2 Å². The van der Waals surface area contributed by atoms with Crippen molar-refractivity contribution < 1.29 is 55.4 Å². The summed E-state index contributed by atoms with van der Waals surface area (Å²) >= 11 is 0. The number of carboxylic acid groups (broad SMARTS) is 1. The number of aromatic nitrogens is 4. The summed E-state index contributed by atoms with van der Waals surface area (Å²) in [5.74, 6) is -5.83. The van der Waals surface area contributed by atoms with Gasteiger partial charge in [0.1, 0.15) is 41.1 Å². The third-order valence-electron chi connectivity index (χ3n) is 16.6. The number of halogens is 6. The lowest BCUT2D eigenvalue weighted by atomic mass is 9.89. The summed E-state index contributed by atoms with van der Waals surface area (Å²) < 4.78 is 100. The first-order chi connectivity index (χ1) is 37.7. The van der Waals surface area contributed by atoms with Crippen molar-refractivity contribution >= 4 is 57.4 Å². The van der Waals surface area contributed by atoms with E-state index >= 15 is 17.6 Å². The van der Waals surface area contributed by atoms with Gasteiger partial charge in [-0.3, -0.25) is 14.5 Å². The molecule has 22 heteroatoms. The maximum Gasteiger partial charge on any atom is 0.407 e. The van der Waals surface area contributed by atoms with Crippen molar-refractivity contribution in [1.29, 1.82) is 0 Å². The fraction of sp³-hybridized carbons (Fsp3) is 0.474. The normalized spacial score (nSPS) is 20.8. The number of fused-ring (bicyclic) bond motifs is 2. The van der Waals surface area contributed by atoms with Crippen LogP contribution >= 0.6 is 0 Å². The summed E-state index contributed by atoms with van der Waals surface area (Å²) in [6.45, 7) is 8.31. The van der Waals surface area contributed by atoms with Crippen LogP contribution < -0.4 is 15.1 Å². The molecule has 4 aromatic carbocycles. The van der Waals surface area contributed by atoms with Gasteiger partial charge in [0.25, 0.3) is 0 Å². The fourth-order valence-electron chi connectivity index (χ4n) is 12.6. The lowest BCUT2D eigenvalue weighted by molar-refractivity contribution is -0.138. The average Bonchev–Trinajstić information content (AvgIpc) is 4.49. The van der Waals surface area contributed by atoms with Crippen LogP contribution in [-0.2, 0) is 14.3 Å². The van der Waals surface area contributed by atoms with Crippen LogP contribution in [0.2, 0.25) is 0 Å². The molecule has 79 heavy (non-hydrogen) atoms. The summed E-state index contributed by atoms with van der Waals surface area (Å²) in [6.07, 6.45) is 1.54. The molecule has 4 fully saturated rings. The van der Waals surface area contributed by atoms with Gasteiger partial charge in [-0.2, -0.15) is 0 Å². The lowest BCUT2D eigenvalue weighted by Crippen LogP contribution is -2.51. The lowest BCUT2D eigenvalue weighted by Gasteiger charge is -2.36. The minimum absolute atomic E-state index is 0.0176. The number of methoxy groups -OCH3 is 1. The van der Waals surface area contributed by atoms with Crippen LogP contribution in [0.25, 0.3) is 22.1 Å². The predicted octanol–water partition coefficient (Wildman–Crippen LogP) is 11.1. The number of aromatic amines is 2. The van der Waals surface area contributed by atoms with Gasteiger partial charge in [-0.1, -0.05) is 33.8 Å². The number of nitrogens with zero attached hydrogens (tertiary/aromatic N) is 7. The number of benzene rings is 4. The SMILES string of the molecule is COC(=O)N[C@H](C(=O)N1CCC[C@H]1c1nc2cc(F)c([C@H]3CC[C@H](c4cc5[nH]c([C@@H]6CCCN6C(=O)[C@H](C(C)C)N(C)C(=O)O)nc5cc4F)N3c3cc(F)c(N4CCC(c5ccc(F)c(F)c5)CC4)c(F)c3)cc2[nH]1)C(C)C. The van der Waals surface area contributed by atoms with Gasteiger partial charge in [0.2, 0.25) is 11.8 Å². The number of anilines is 2. The maximum atomic E-state index is 17.0. The Morgan fingerprint density at radius 1 is 0.646 bits per heavy atom. The van der Waals surface area contributed by atoms with Crippen LogP contribution in [0.3, 0.4) is 0 Å². The van der Waals surface area contributed by atoms with Crippen LogP contribution in [0.15, 0.2) is 54.6 Å². The zero-order valence-corrected chi connectivity index (χ0v) is 44.8. The quantitative estimate of drug-likeness (QED) is 0.0812. The van der Waals surface area contributed by atoms with E-state index in [9.17, 15) is 33.1 Å². The second-order valence-corrected chi connectivity index (χ2v) is 22.1. The van der Waals surface area contributed by atoms with Crippen LogP contribution in [-0.4, -0.2) is 116 Å². The number of hydrogen-bond donors (Lipinski definition) is 4. The zero-order valence-electron chi connectivity index (χ0n) is 44.8. The Hall–Kier alpha value is -7.52. The van der Waals surface area contributed by atoms with Gasteiger partial charge in [-0.05, 0) is 111 Å². The Balaban J connectivity index is 0.997. The van der Waals surface area contributed by atoms with Crippen molar-refractivity contribution in [2.75, 3.05) is 50.1 Å². The second kappa shape index (κ2) is 22.0. The Labute approximate surface area is 452 Å². The van der Waals surface area contributed by atoms with Gasteiger partial charge in [0.05, 0.1) is 53.3 Å². The molecule has 6 heterocycles. The van der Waals surface area contributed by atoms with E-state index in [1.165, 1.54) is 44.5 Å². The molecule has 420 valence electrons. The number of imidazole rings is 2. The number of ether oxygens (including phenoxy) is 1. The molecule has 4 saturated heterocycles. The molecule has 0 aliphatic carbocycles. The molecule has 6 atom stereocenters. The molecule has 2 aromatic heterocycles. The van der Waals surface area contributed by atoms with E-state index in [1.807, 2.05) is 0 Å². The van der Waals surface area contributed by atoms with Crippen molar-refractivity contribution in [3.63, 3.8) is 0 Å². The Morgan fingerprint density at radius 2 is 1.18 bits per heavy atom. The minimum atomic E-state index is -1.24. The average molecular weight is 1100 g/mol. The van der Waals surface area contributed by atoms with E-state index in [-0.39, 0.29) is 89.0 Å². The first-order valence-electron chi connectivity index (χ1n) is 27.0. The second-order valence-electron chi connectivity index (χ2n) is 22.1. The van der Waals surface area contributed by atoms with E-state index in [0.29, 0.717) is 79.9 Å². The molecule has 4 aliphatic heterocycles. The maximum absolute atomic E-state index is 17.0.